The second kappa shape index (κ2) is 5.13. The number of hydrogen-bond acceptors (Lipinski definition) is 5. The number of phenols is 1. The van der Waals surface area contributed by atoms with Gasteiger partial charge in [0.05, 0.1) is 7.11 Å². The highest BCUT2D eigenvalue weighted by Gasteiger charge is 2.06. The van der Waals surface area contributed by atoms with E-state index >= 15 is 0 Å². The molecule has 0 atom stereocenters. The molecule has 3 aromatic rings. The van der Waals surface area contributed by atoms with Crippen molar-refractivity contribution >= 4 is 17.1 Å². The van der Waals surface area contributed by atoms with Crippen LogP contribution in [-0.4, -0.2) is 17.2 Å². The van der Waals surface area contributed by atoms with Gasteiger partial charge < -0.3 is 19.6 Å². The maximum atomic E-state index is 9.38. The summed E-state index contributed by atoms with van der Waals surface area (Å²) in [4.78, 5) is 4.29. The summed E-state index contributed by atoms with van der Waals surface area (Å²) in [5.41, 5.74) is 2.32. The third-order valence-corrected chi connectivity index (χ3v) is 2.95. The first-order chi connectivity index (χ1) is 9.74. The van der Waals surface area contributed by atoms with Gasteiger partial charge in [0.25, 0.3) is 6.01 Å². The van der Waals surface area contributed by atoms with E-state index in [1.54, 1.807) is 25.3 Å². The van der Waals surface area contributed by atoms with E-state index in [0.29, 0.717) is 23.7 Å². The van der Waals surface area contributed by atoms with Crippen molar-refractivity contribution in [2.75, 3.05) is 12.4 Å². The smallest absolute Gasteiger partial charge is 0.295 e. The summed E-state index contributed by atoms with van der Waals surface area (Å²) >= 11 is 0. The summed E-state index contributed by atoms with van der Waals surface area (Å²) < 4.78 is 10.7. The number of ether oxygens (including phenoxy) is 1. The van der Waals surface area contributed by atoms with Gasteiger partial charge in [-0.25, -0.2) is 0 Å². The Kier molecular flexibility index (Phi) is 3.16. The molecule has 0 spiro atoms. The van der Waals surface area contributed by atoms with Crippen LogP contribution in [0, 0.1) is 0 Å². The van der Waals surface area contributed by atoms with Gasteiger partial charge in [0.1, 0.15) is 17.0 Å². The largest absolute Gasteiger partial charge is 0.508 e. The molecule has 0 saturated carbocycles. The zero-order chi connectivity index (χ0) is 13.9. The fourth-order valence-electron chi connectivity index (χ4n) is 1.95. The summed E-state index contributed by atoms with van der Waals surface area (Å²) in [6.07, 6.45) is 0. The Bertz CT molecular complexity index is 737. The zero-order valence-electron chi connectivity index (χ0n) is 11.0. The van der Waals surface area contributed by atoms with Crippen LogP contribution in [0.2, 0.25) is 0 Å². The van der Waals surface area contributed by atoms with Crippen molar-refractivity contribution < 1.29 is 14.3 Å². The summed E-state index contributed by atoms with van der Waals surface area (Å²) in [7, 11) is 1.64. The van der Waals surface area contributed by atoms with E-state index < -0.39 is 0 Å². The van der Waals surface area contributed by atoms with Crippen molar-refractivity contribution in [2.45, 2.75) is 6.54 Å². The quantitative estimate of drug-likeness (QED) is 0.762. The minimum Gasteiger partial charge on any atom is -0.508 e. The lowest BCUT2D eigenvalue weighted by atomic mass is 10.2. The van der Waals surface area contributed by atoms with Crippen molar-refractivity contribution in [2.24, 2.45) is 0 Å². The first-order valence-electron chi connectivity index (χ1n) is 6.21. The first kappa shape index (κ1) is 12.3. The highest BCUT2D eigenvalue weighted by molar-refractivity contribution is 5.75. The number of aromatic nitrogens is 1. The van der Waals surface area contributed by atoms with E-state index in [2.05, 4.69) is 10.3 Å². The Hall–Kier alpha value is -2.69. The lowest BCUT2D eigenvalue weighted by Gasteiger charge is -2.04. The molecule has 0 bridgehead atoms. The molecule has 0 radical (unpaired) electrons. The molecule has 20 heavy (non-hydrogen) atoms. The molecule has 102 valence electrons. The number of fused-ring (bicyclic) bond motifs is 1. The van der Waals surface area contributed by atoms with Gasteiger partial charge in [-0.1, -0.05) is 12.1 Å². The number of hydrogen-bond donors (Lipinski definition) is 2. The zero-order valence-corrected chi connectivity index (χ0v) is 11.0. The van der Waals surface area contributed by atoms with Crippen LogP contribution in [0.3, 0.4) is 0 Å². The third kappa shape index (κ3) is 2.51. The van der Waals surface area contributed by atoms with Gasteiger partial charge >= 0.3 is 0 Å². The Labute approximate surface area is 115 Å². The minimum absolute atomic E-state index is 0.160. The molecule has 0 aliphatic heterocycles. The van der Waals surface area contributed by atoms with E-state index in [1.807, 2.05) is 24.3 Å². The van der Waals surface area contributed by atoms with Crippen molar-refractivity contribution in [1.29, 1.82) is 0 Å². The van der Waals surface area contributed by atoms with E-state index in [0.717, 1.165) is 11.3 Å². The number of methoxy groups -OCH3 is 1. The monoisotopic (exact) mass is 270 g/mol. The molecular weight excluding hydrogens is 256 g/mol. The number of nitrogens with one attached hydrogen (secondary N) is 1. The van der Waals surface area contributed by atoms with Crippen LogP contribution in [0.1, 0.15) is 5.56 Å². The Morgan fingerprint density at radius 3 is 3.00 bits per heavy atom. The SMILES string of the molecule is COc1cccc(CNc2nc3ccc(O)cc3o2)c1. The Morgan fingerprint density at radius 1 is 1.25 bits per heavy atom. The van der Waals surface area contributed by atoms with E-state index in [4.69, 9.17) is 9.15 Å². The molecule has 0 amide bonds. The van der Waals surface area contributed by atoms with Crippen LogP contribution in [0.15, 0.2) is 46.9 Å². The maximum Gasteiger partial charge on any atom is 0.295 e. The van der Waals surface area contributed by atoms with Crippen LogP contribution in [0.4, 0.5) is 6.01 Å². The average molecular weight is 270 g/mol. The fraction of sp³-hybridized carbons (Fsp3) is 0.133. The maximum absolute atomic E-state index is 9.38. The van der Waals surface area contributed by atoms with Gasteiger partial charge in [-0.3, -0.25) is 0 Å². The number of phenolic OH excluding ortho intramolecular Hbond substituents is 1. The molecular formula is C15H14N2O3. The average Bonchev–Trinajstić information content (AvgIpc) is 2.87. The van der Waals surface area contributed by atoms with Gasteiger partial charge in [0, 0.05) is 12.6 Å². The van der Waals surface area contributed by atoms with Crippen molar-refractivity contribution in [1.82, 2.24) is 4.98 Å². The molecule has 3 rings (SSSR count). The predicted molar refractivity (Wildman–Crippen MR) is 76.0 cm³/mol. The van der Waals surface area contributed by atoms with Crippen molar-refractivity contribution in [3.05, 3.63) is 48.0 Å². The van der Waals surface area contributed by atoms with Crippen molar-refractivity contribution in [3.63, 3.8) is 0 Å². The summed E-state index contributed by atoms with van der Waals surface area (Å²) in [6, 6.07) is 13.0. The fourth-order valence-corrected chi connectivity index (χ4v) is 1.95. The van der Waals surface area contributed by atoms with Crippen molar-refractivity contribution in [3.8, 4) is 11.5 Å². The van der Waals surface area contributed by atoms with Crippen LogP contribution in [0.5, 0.6) is 11.5 Å². The Morgan fingerprint density at radius 2 is 2.15 bits per heavy atom. The topological polar surface area (TPSA) is 67.5 Å². The summed E-state index contributed by atoms with van der Waals surface area (Å²) in [6.45, 7) is 0.579. The number of nitrogens with zero attached hydrogens (tertiary/aromatic N) is 1. The van der Waals surface area contributed by atoms with Crippen LogP contribution in [-0.2, 0) is 6.54 Å². The van der Waals surface area contributed by atoms with Gasteiger partial charge in [-0.2, -0.15) is 4.98 Å². The summed E-state index contributed by atoms with van der Waals surface area (Å²) in [5.74, 6) is 0.972. The second-order valence-corrected chi connectivity index (χ2v) is 4.38. The minimum atomic E-state index is 0.160. The molecule has 5 heteroatoms. The van der Waals surface area contributed by atoms with Crippen LogP contribution in [0.25, 0.3) is 11.1 Å². The highest BCUT2D eigenvalue weighted by Crippen LogP contribution is 2.23. The van der Waals surface area contributed by atoms with Gasteiger partial charge in [0.15, 0.2) is 5.58 Å². The Balaban J connectivity index is 1.76. The van der Waals surface area contributed by atoms with E-state index in [-0.39, 0.29) is 5.75 Å². The number of anilines is 1. The molecule has 0 saturated heterocycles. The first-order valence-corrected chi connectivity index (χ1v) is 6.21. The second-order valence-electron chi connectivity index (χ2n) is 4.38. The van der Waals surface area contributed by atoms with E-state index in [1.165, 1.54) is 0 Å². The summed E-state index contributed by atoms with van der Waals surface area (Å²) in [5, 5.41) is 12.5. The number of aromatic hydroxyl groups is 1. The van der Waals surface area contributed by atoms with Crippen LogP contribution >= 0.6 is 0 Å². The molecule has 5 nitrogen and oxygen atoms in total. The standard InChI is InChI=1S/C15H14N2O3/c1-19-12-4-2-3-10(7-12)9-16-15-17-13-6-5-11(18)8-14(13)20-15/h2-8,18H,9H2,1H3,(H,16,17). The van der Waals surface area contributed by atoms with Gasteiger partial charge in [0.2, 0.25) is 0 Å². The predicted octanol–water partition coefficient (Wildman–Crippen LogP) is 3.15. The molecule has 2 aromatic carbocycles. The highest BCUT2D eigenvalue weighted by atomic mass is 16.5. The molecule has 0 unspecified atom stereocenters. The molecule has 1 heterocycles. The number of rotatable bonds is 4. The number of benzene rings is 2. The van der Waals surface area contributed by atoms with E-state index in [9.17, 15) is 5.11 Å². The number of oxazole rings is 1. The lowest BCUT2D eigenvalue weighted by Crippen LogP contribution is -1.99. The normalized spacial score (nSPS) is 10.7. The molecule has 2 N–H and O–H groups in total. The lowest BCUT2D eigenvalue weighted by molar-refractivity contribution is 0.414. The molecule has 0 aliphatic carbocycles. The molecule has 0 fully saturated rings. The van der Waals surface area contributed by atoms with Gasteiger partial charge in [-0.15, -0.1) is 0 Å². The molecule has 0 aliphatic rings. The van der Waals surface area contributed by atoms with Crippen LogP contribution < -0.4 is 10.1 Å². The van der Waals surface area contributed by atoms with Gasteiger partial charge in [-0.05, 0) is 29.8 Å². The molecule has 1 aromatic heterocycles. The third-order valence-electron chi connectivity index (χ3n) is 2.95.